The van der Waals surface area contributed by atoms with Crippen LogP contribution in [-0.4, -0.2) is 49.5 Å². The number of amides is 1. The number of aromatic nitrogens is 4. The lowest BCUT2D eigenvalue weighted by atomic mass is 10.1. The molecule has 122 valence electrons. The first kappa shape index (κ1) is 14.8. The van der Waals surface area contributed by atoms with Crippen molar-refractivity contribution in [2.24, 2.45) is 0 Å². The maximum Gasteiger partial charge on any atom is 0.266 e. The van der Waals surface area contributed by atoms with Gasteiger partial charge in [-0.15, -0.1) is 0 Å². The highest BCUT2D eigenvalue weighted by molar-refractivity contribution is 7.16. The Morgan fingerprint density at radius 3 is 2.79 bits per heavy atom. The topological polar surface area (TPSA) is 75.9 Å². The van der Waals surface area contributed by atoms with Crippen LogP contribution in [0.1, 0.15) is 15.4 Å². The molecular weight excluding hydrogens is 324 g/mol. The standard InChI is InChI=1S/C16H16N6OS/c1-11-14(24-16(19-11)21-6-2-3-7-21)15(23)22-9-12(10-22)20-13-8-17-4-5-18-13/h2-8,12H,9-10H2,1H3,(H,18,20). The molecule has 1 fully saturated rings. The van der Waals surface area contributed by atoms with Crippen molar-refractivity contribution < 1.29 is 4.79 Å². The maximum atomic E-state index is 12.7. The van der Waals surface area contributed by atoms with Crippen molar-refractivity contribution in [1.82, 2.24) is 24.4 Å². The van der Waals surface area contributed by atoms with Gasteiger partial charge >= 0.3 is 0 Å². The minimum atomic E-state index is 0.0422. The van der Waals surface area contributed by atoms with Crippen molar-refractivity contribution >= 4 is 23.1 Å². The number of likely N-dealkylation sites (tertiary alicyclic amines) is 1. The molecule has 0 aliphatic carbocycles. The van der Waals surface area contributed by atoms with Gasteiger partial charge in [0.25, 0.3) is 5.91 Å². The predicted molar refractivity (Wildman–Crippen MR) is 91.5 cm³/mol. The van der Waals surface area contributed by atoms with Crippen LogP contribution in [0.15, 0.2) is 43.1 Å². The van der Waals surface area contributed by atoms with Crippen LogP contribution in [0.4, 0.5) is 5.82 Å². The molecule has 0 bridgehead atoms. The molecule has 0 aromatic carbocycles. The summed E-state index contributed by atoms with van der Waals surface area (Å²) in [5, 5.41) is 4.09. The number of hydrogen-bond acceptors (Lipinski definition) is 6. The van der Waals surface area contributed by atoms with Crippen molar-refractivity contribution in [3.63, 3.8) is 0 Å². The highest BCUT2D eigenvalue weighted by atomic mass is 32.1. The molecule has 0 spiro atoms. The highest BCUT2D eigenvalue weighted by Crippen LogP contribution is 2.25. The molecule has 0 radical (unpaired) electrons. The predicted octanol–water partition coefficient (Wildman–Crippen LogP) is 1.97. The smallest absolute Gasteiger partial charge is 0.266 e. The Morgan fingerprint density at radius 1 is 1.29 bits per heavy atom. The van der Waals surface area contributed by atoms with Gasteiger partial charge in [-0.05, 0) is 19.1 Å². The van der Waals surface area contributed by atoms with E-state index < -0.39 is 0 Å². The van der Waals surface area contributed by atoms with Gasteiger partial charge in [0.05, 0.1) is 17.9 Å². The Balaban J connectivity index is 1.41. The summed E-state index contributed by atoms with van der Waals surface area (Å²) in [5.74, 6) is 0.777. The van der Waals surface area contributed by atoms with Crippen LogP contribution in [0, 0.1) is 6.92 Å². The summed E-state index contributed by atoms with van der Waals surface area (Å²) in [5.41, 5.74) is 0.777. The second-order valence-electron chi connectivity index (χ2n) is 5.64. The number of carbonyl (C=O) groups excluding carboxylic acids is 1. The third kappa shape index (κ3) is 2.76. The number of carbonyl (C=O) groups is 1. The number of aryl methyl sites for hydroxylation is 1. The number of thiazole rings is 1. The van der Waals surface area contributed by atoms with E-state index in [1.807, 2.05) is 40.9 Å². The van der Waals surface area contributed by atoms with E-state index in [1.165, 1.54) is 11.3 Å². The molecule has 1 aliphatic rings. The molecule has 0 unspecified atom stereocenters. The number of hydrogen-bond donors (Lipinski definition) is 1. The van der Waals surface area contributed by atoms with Crippen molar-refractivity contribution in [3.8, 4) is 5.13 Å². The fourth-order valence-corrected chi connectivity index (χ4v) is 3.62. The minimum Gasteiger partial charge on any atom is -0.362 e. The van der Waals surface area contributed by atoms with Gasteiger partial charge in [0.2, 0.25) is 0 Å². The molecule has 3 aromatic heterocycles. The van der Waals surface area contributed by atoms with E-state index >= 15 is 0 Å². The fraction of sp³-hybridized carbons (Fsp3) is 0.250. The van der Waals surface area contributed by atoms with Crippen LogP contribution in [0.2, 0.25) is 0 Å². The van der Waals surface area contributed by atoms with Crippen LogP contribution < -0.4 is 5.32 Å². The number of anilines is 1. The second-order valence-corrected chi connectivity index (χ2v) is 6.62. The summed E-state index contributed by atoms with van der Waals surface area (Å²) < 4.78 is 1.92. The third-order valence-corrected chi connectivity index (χ3v) is 5.05. The Hall–Kier alpha value is -2.74. The van der Waals surface area contributed by atoms with Gasteiger partial charge in [-0.2, -0.15) is 0 Å². The zero-order valence-electron chi connectivity index (χ0n) is 13.1. The Morgan fingerprint density at radius 2 is 2.08 bits per heavy atom. The molecule has 0 saturated carbocycles. The Bertz CT molecular complexity index is 839. The van der Waals surface area contributed by atoms with Gasteiger partial charge in [0.15, 0.2) is 5.13 Å². The lowest BCUT2D eigenvalue weighted by Gasteiger charge is -2.39. The van der Waals surface area contributed by atoms with Gasteiger partial charge in [-0.1, -0.05) is 11.3 Å². The average molecular weight is 340 g/mol. The van der Waals surface area contributed by atoms with Crippen molar-refractivity contribution in [3.05, 3.63) is 53.7 Å². The first-order valence-corrected chi connectivity index (χ1v) is 8.45. The van der Waals surface area contributed by atoms with Crippen LogP contribution in [0.5, 0.6) is 0 Å². The first-order valence-electron chi connectivity index (χ1n) is 7.63. The third-order valence-electron chi connectivity index (χ3n) is 3.89. The van der Waals surface area contributed by atoms with E-state index in [0.29, 0.717) is 18.0 Å². The van der Waals surface area contributed by atoms with E-state index in [-0.39, 0.29) is 11.9 Å². The van der Waals surface area contributed by atoms with Gasteiger partial charge in [0, 0.05) is 37.9 Å². The first-order chi connectivity index (χ1) is 11.7. The average Bonchev–Trinajstić information content (AvgIpc) is 3.20. The van der Waals surface area contributed by atoms with Gasteiger partial charge in [-0.3, -0.25) is 9.78 Å². The molecule has 24 heavy (non-hydrogen) atoms. The quantitative estimate of drug-likeness (QED) is 0.786. The normalized spacial score (nSPS) is 14.5. The molecule has 1 N–H and O–H groups in total. The van der Waals surface area contributed by atoms with E-state index in [2.05, 4.69) is 20.3 Å². The molecule has 4 heterocycles. The number of nitrogens with one attached hydrogen (secondary N) is 1. The van der Waals surface area contributed by atoms with Crippen molar-refractivity contribution in [1.29, 1.82) is 0 Å². The van der Waals surface area contributed by atoms with E-state index in [9.17, 15) is 4.79 Å². The highest BCUT2D eigenvalue weighted by Gasteiger charge is 2.33. The summed E-state index contributed by atoms with van der Waals surface area (Å²) in [4.78, 5) is 27.9. The van der Waals surface area contributed by atoms with Crippen LogP contribution in [0.3, 0.4) is 0 Å². The van der Waals surface area contributed by atoms with Crippen LogP contribution in [0.25, 0.3) is 5.13 Å². The summed E-state index contributed by atoms with van der Waals surface area (Å²) in [6.45, 7) is 3.20. The lowest BCUT2D eigenvalue weighted by molar-refractivity contribution is 0.0629. The molecule has 7 nitrogen and oxygen atoms in total. The summed E-state index contributed by atoms with van der Waals surface area (Å²) >= 11 is 1.43. The van der Waals surface area contributed by atoms with Crippen molar-refractivity contribution in [2.45, 2.75) is 13.0 Å². The Labute approximate surface area is 143 Å². The maximum absolute atomic E-state index is 12.7. The number of rotatable bonds is 4. The molecule has 0 atom stereocenters. The zero-order chi connectivity index (χ0) is 16.5. The molecular formula is C16H16N6OS. The van der Waals surface area contributed by atoms with E-state index in [1.54, 1.807) is 18.6 Å². The second kappa shape index (κ2) is 6.04. The van der Waals surface area contributed by atoms with Crippen LogP contribution >= 0.6 is 11.3 Å². The molecule has 3 aromatic rings. The monoisotopic (exact) mass is 340 g/mol. The van der Waals surface area contributed by atoms with Crippen LogP contribution in [-0.2, 0) is 0 Å². The zero-order valence-corrected chi connectivity index (χ0v) is 13.9. The van der Waals surface area contributed by atoms with E-state index in [4.69, 9.17) is 0 Å². The molecule has 1 amide bonds. The summed E-state index contributed by atoms with van der Waals surface area (Å²) in [6, 6.07) is 4.09. The lowest BCUT2D eigenvalue weighted by Crippen LogP contribution is -2.57. The SMILES string of the molecule is Cc1nc(-n2cccc2)sc1C(=O)N1CC(Nc2cnccn2)C1. The van der Waals surface area contributed by atoms with E-state index in [0.717, 1.165) is 16.6 Å². The van der Waals surface area contributed by atoms with Gasteiger partial charge in [-0.25, -0.2) is 9.97 Å². The molecule has 8 heteroatoms. The molecule has 1 aliphatic heterocycles. The Kier molecular flexibility index (Phi) is 3.73. The molecule has 1 saturated heterocycles. The fourth-order valence-electron chi connectivity index (χ4n) is 2.62. The number of nitrogens with zero attached hydrogens (tertiary/aromatic N) is 5. The summed E-state index contributed by atoms with van der Waals surface area (Å²) in [6.07, 6.45) is 8.82. The largest absolute Gasteiger partial charge is 0.362 e. The van der Waals surface area contributed by atoms with Crippen molar-refractivity contribution in [2.75, 3.05) is 18.4 Å². The van der Waals surface area contributed by atoms with Gasteiger partial charge in [0.1, 0.15) is 10.7 Å². The minimum absolute atomic E-state index is 0.0422. The molecule has 4 rings (SSSR count). The van der Waals surface area contributed by atoms with Gasteiger partial charge < -0.3 is 14.8 Å². The summed E-state index contributed by atoms with van der Waals surface area (Å²) in [7, 11) is 0.